The Morgan fingerprint density at radius 2 is 2.07 bits per heavy atom. The summed E-state index contributed by atoms with van der Waals surface area (Å²) in [7, 11) is -3.47. The second kappa shape index (κ2) is 5.36. The Hall–Kier alpha value is -1.55. The first-order chi connectivity index (χ1) is 6.76. The highest BCUT2D eigenvalue weighted by Crippen LogP contribution is 1.92. The average molecular weight is 233 g/mol. The number of carbonyl (C=O) groups excluding carboxylic acids is 1. The number of carbonyl (C=O) groups is 2. The number of terminal acetylenes is 1. The van der Waals surface area contributed by atoms with Crippen molar-refractivity contribution in [2.24, 2.45) is 0 Å². The zero-order chi connectivity index (χ0) is 12.1. The highest BCUT2D eigenvalue weighted by molar-refractivity contribution is 7.91. The number of amides is 1. The molecule has 0 aromatic rings. The van der Waals surface area contributed by atoms with Crippen LogP contribution in [0.2, 0.25) is 0 Å². The lowest BCUT2D eigenvalue weighted by Crippen LogP contribution is -2.42. The van der Waals surface area contributed by atoms with Gasteiger partial charge in [-0.2, -0.15) is 0 Å². The molecule has 15 heavy (non-hydrogen) atoms. The first-order valence-electron chi connectivity index (χ1n) is 3.89. The maximum absolute atomic E-state index is 11.0. The summed E-state index contributed by atoms with van der Waals surface area (Å²) in [6, 6.07) is -1.25. The van der Waals surface area contributed by atoms with Crippen LogP contribution in [0.4, 0.5) is 0 Å². The first kappa shape index (κ1) is 13.4. The van der Waals surface area contributed by atoms with Crippen molar-refractivity contribution >= 4 is 21.7 Å². The second-order valence-electron chi connectivity index (χ2n) is 2.94. The predicted molar refractivity (Wildman–Crippen MR) is 52.7 cm³/mol. The molecule has 0 fully saturated rings. The van der Waals surface area contributed by atoms with E-state index in [0.29, 0.717) is 0 Å². The van der Waals surface area contributed by atoms with E-state index in [0.717, 1.165) is 6.26 Å². The van der Waals surface area contributed by atoms with Crippen molar-refractivity contribution in [2.75, 3.05) is 12.0 Å². The number of nitrogens with one attached hydrogen (secondary N) is 1. The van der Waals surface area contributed by atoms with Gasteiger partial charge in [-0.15, -0.1) is 12.3 Å². The molecule has 0 aliphatic carbocycles. The molecule has 0 aromatic heterocycles. The van der Waals surface area contributed by atoms with Gasteiger partial charge in [0.1, 0.15) is 11.8 Å². The van der Waals surface area contributed by atoms with Crippen LogP contribution in [0.5, 0.6) is 0 Å². The quantitative estimate of drug-likeness (QED) is 0.570. The molecular weight excluding hydrogens is 222 g/mol. The zero-order valence-electron chi connectivity index (χ0n) is 8.06. The highest BCUT2D eigenvalue weighted by Gasteiger charge is 2.20. The van der Waals surface area contributed by atoms with E-state index in [4.69, 9.17) is 11.5 Å². The minimum Gasteiger partial charge on any atom is -0.480 e. The monoisotopic (exact) mass is 233 g/mol. The number of carboxylic acids is 1. The molecule has 0 spiro atoms. The molecule has 1 unspecified atom stereocenters. The number of hydrogen-bond donors (Lipinski definition) is 2. The Kier molecular flexibility index (Phi) is 4.81. The van der Waals surface area contributed by atoms with Gasteiger partial charge < -0.3 is 10.4 Å². The summed E-state index contributed by atoms with van der Waals surface area (Å²) in [5.74, 6) is -0.848. The van der Waals surface area contributed by atoms with Gasteiger partial charge in [-0.25, -0.2) is 13.2 Å². The Morgan fingerprint density at radius 3 is 2.40 bits per heavy atom. The SMILES string of the molecule is C#CCC(NC(=O)CS(C)(=O)=O)C(=O)O. The van der Waals surface area contributed by atoms with E-state index in [1.165, 1.54) is 0 Å². The van der Waals surface area contributed by atoms with E-state index in [1.807, 2.05) is 5.32 Å². The van der Waals surface area contributed by atoms with E-state index in [-0.39, 0.29) is 6.42 Å². The molecular formula is C8H11NO5S. The molecule has 2 N–H and O–H groups in total. The van der Waals surface area contributed by atoms with Gasteiger partial charge in [-0.1, -0.05) is 0 Å². The van der Waals surface area contributed by atoms with Crippen LogP contribution < -0.4 is 5.32 Å². The van der Waals surface area contributed by atoms with Crippen molar-refractivity contribution in [1.29, 1.82) is 0 Å². The van der Waals surface area contributed by atoms with Gasteiger partial charge in [0.25, 0.3) is 0 Å². The van der Waals surface area contributed by atoms with E-state index in [1.54, 1.807) is 0 Å². The number of hydrogen-bond acceptors (Lipinski definition) is 4. The molecule has 1 amide bonds. The number of rotatable bonds is 5. The van der Waals surface area contributed by atoms with E-state index >= 15 is 0 Å². The number of sulfone groups is 1. The molecule has 84 valence electrons. The fourth-order valence-electron chi connectivity index (χ4n) is 0.792. The fraction of sp³-hybridized carbons (Fsp3) is 0.500. The minimum absolute atomic E-state index is 0.190. The van der Waals surface area contributed by atoms with E-state index in [2.05, 4.69) is 5.92 Å². The molecule has 0 aromatic carbocycles. The topological polar surface area (TPSA) is 101 Å². The van der Waals surface area contributed by atoms with Gasteiger partial charge in [-0.05, 0) is 0 Å². The number of aliphatic carboxylic acids is 1. The summed E-state index contributed by atoms with van der Waals surface area (Å²) in [5, 5.41) is 10.6. The third kappa shape index (κ3) is 6.51. The van der Waals surface area contributed by atoms with Crippen LogP contribution in [0, 0.1) is 12.3 Å². The molecule has 0 aliphatic heterocycles. The standard InChI is InChI=1S/C8H11NO5S/c1-3-4-6(8(11)12)9-7(10)5-15(2,13)14/h1,6H,4-5H2,2H3,(H,9,10)(H,11,12). The van der Waals surface area contributed by atoms with Crippen LogP contribution in [0.25, 0.3) is 0 Å². The average Bonchev–Trinajstić information content (AvgIpc) is 1.99. The highest BCUT2D eigenvalue weighted by atomic mass is 32.2. The maximum atomic E-state index is 11.0. The van der Waals surface area contributed by atoms with Crippen molar-refractivity contribution in [2.45, 2.75) is 12.5 Å². The molecule has 1 atom stereocenters. The lowest BCUT2D eigenvalue weighted by atomic mass is 10.2. The van der Waals surface area contributed by atoms with Crippen molar-refractivity contribution in [3.8, 4) is 12.3 Å². The van der Waals surface area contributed by atoms with Gasteiger partial charge in [0, 0.05) is 12.7 Å². The fourth-order valence-corrected chi connectivity index (χ4v) is 1.35. The van der Waals surface area contributed by atoms with Gasteiger partial charge >= 0.3 is 5.97 Å². The third-order valence-corrected chi connectivity index (χ3v) is 2.14. The van der Waals surface area contributed by atoms with Crippen LogP contribution in [-0.2, 0) is 19.4 Å². The van der Waals surface area contributed by atoms with Crippen LogP contribution >= 0.6 is 0 Å². The van der Waals surface area contributed by atoms with Crippen LogP contribution in [0.3, 0.4) is 0 Å². The molecule has 0 saturated carbocycles. The van der Waals surface area contributed by atoms with E-state index < -0.39 is 33.5 Å². The van der Waals surface area contributed by atoms with Gasteiger partial charge in [0.2, 0.25) is 5.91 Å². The molecule has 0 saturated heterocycles. The summed E-state index contributed by atoms with van der Waals surface area (Å²) < 4.78 is 21.4. The summed E-state index contributed by atoms with van der Waals surface area (Å²) in [4.78, 5) is 21.6. The normalized spacial score (nSPS) is 12.5. The first-order valence-corrected chi connectivity index (χ1v) is 5.95. The van der Waals surface area contributed by atoms with E-state index in [9.17, 15) is 18.0 Å². The molecule has 0 aliphatic rings. The van der Waals surface area contributed by atoms with Crippen molar-refractivity contribution in [3.05, 3.63) is 0 Å². The van der Waals surface area contributed by atoms with Gasteiger partial charge in [0.05, 0.1) is 0 Å². The Balaban J connectivity index is 4.38. The molecule has 0 rings (SSSR count). The molecule has 6 nitrogen and oxygen atoms in total. The lowest BCUT2D eigenvalue weighted by Gasteiger charge is -2.10. The molecule has 0 heterocycles. The minimum atomic E-state index is -3.47. The molecule has 7 heteroatoms. The van der Waals surface area contributed by atoms with Crippen molar-refractivity contribution in [1.82, 2.24) is 5.32 Å². The largest absolute Gasteiger partial charge is 0.480 e. The molecule has 0 bridgehead atoms. The molecule has 0 radical (unpaired) electrons. The third-order valence-electron chi connectivity index (χ3n) is 1.35. The Morgan fingerprint density at radius 1 is 1.53 bits per heavy atom. The Bertz CT molecular complexity index is 392. The van der Waals surface area contributed by atoms with Gasteiger partial charge in [-0.3, -0.25) is 4.79 Å². The van der Waals surface area contributed by atoms with Gasteiger partial charge in [0.15, 0.2) is 9.84 Å². The maximum Gasteiger partial charge on any atom is 0.327 e. The van der Waals surface area contributed by atoms with Crippen molar-refractivity contribution in [3.63, 3.8) is 0 Å². The Labute approximate surface area is 87.6 Å². The van der Waals surface area contributed by atoms with Crippen LogP contribution in [0.1, 0.15) is 6.42 Å². The second-order valence-corrected chi connectivity index (χ2v) is 5.08. The predicted octanol–water partition coefficient (Wildman–Crippen LogP) is -1.38. The zero-order valence-corrected chi connectivity index (χ0v) is 8.87. The smallest absolute Gasteiger partial charge is 0.327 e. The summed E-state index contributed by atoms with van der Waals surface area (Å²) in [6.45, 7) is 0. The van der Waals surface area contributed by atoms with Crippen molar-refractivity contribution < 1.29 is 23.1 Å². The van der Waals surface area contributed by atoms with Crippen LogP contribution in [-0.4, -0.2) is 43.5 Å². The summed E-state index contributed by atoms with van der Waals surface area (Å²) in [6.07, 6.45) is 5.58. The lowest BCUT2D eigenvalue weighted by molar-refractivity contribution is -0.141. The van der Waals surface area contributed by atoms with Crippen LogP contribution in [0.15, 0.2) is 0 Å². The summed E-state index contributed by atoms with van der Waals surface area (Å²) >= 11 is 0. The summed E-state index contributed by atoms with van der Waals surface area (Å²) in [5.41, 5.74) is 0. The number of carboxylic acid groups (broad SMARTS) is 1.